The smallest absolute Gasteiger partial charge is 0.232 e. The lowest BCUT2D eigenvalue weighted by molar-refractivity contribution is -0.290. The largest absolute Gasteiger partial charge is 0.508 e. The Morgan fingerprint density at radius 1 is 1.00 bits per heavy atom. The summed E-state index contributed by atoms with van der Waals surface area (Å²) >= 11 is 0. The van der Waals surface area contributed by atoms with E-state index in [1.54, 1.807) is 0 Å². The maximum Gasteiger partial charge on any atom is 0.232 e. The number of fused-ring (bicyclic) bond motifs is 1. The van der Waals surface area contributed by atoms with Crippen molar-refractivity contribution < 1.29 is 54.8 Å². The number of ether oxygens (including phenoxy) is 3. The van der Waals surface area contributed by atoms with Crippen LogP contribution in [0.2, 0.25) is 0 Å². The van der Waals surface area contributed by atoms with Gasteiger partial charge in [0.25, 0.3) is 0 Å². The minimum atomic E-state index is -1.77. The summed E-state index contributed by atoms with van der Waals surface area (Å²) < 4.78 is 16.2. The fourth-order valence-corrected chi connectivity index (χ4v) is 4.10. The van der Waals surface area contributed by atoms with Gasteiger partial charge in [-0.3, -0.25) is 4.79 Å². The Kier molecular flexibility index (Phi) is 6.39. The molecule has 34 heavy (non-hydrogen) atoms. The topological polar surface area (TPSA) is 186 Å². The maximum atomic E-state index is 13.4. The van der Waals surface area contributed by atoms with E-state index in [1.807, 2.05) is 0 Å². The first-order valence-corrected chi connectivity index (χ1v) is 10.3. The Bertz CT molecular complexity index is 1140. The molecule has 2 aliphatic rings. The second-order valence-corrected chi connectivity index (χ2v) is 8.01. The van der Waals surface area contributed by atoms with Crippen molar-refractivity contribution in [2.24, 2.45) is 0 Å². The van der Waals surface area contributed by atoms with Gasteiger partial charge in [0.1, 0.15) is 35.9 Å². The number of benzene rings is 2. The molecule has 5 atom stereocenters. The van der Waals surface area contributed by atoms with Gasteiger partial charge in [0.15, 0.2) is 17.3 Å². The normalized spacial score (nSPS) is 26.9. The zero-order valence-electron chi connectivity index (χ0n) is 18.0. The van der Waals surface area contributed by atoms with E-state index in [2.05, 4.69) is 0 Å². The number of phenolic OH excluding ortho intramolecular Hbond substituents is 3. The summed E-state index contributed by atoms with van der Waals surface area (Å²) in [5, 5.41) is 70.1. The lowest BCUT2D eigenvalue weighted by Gasteiger charge is -2.40. The van der Waals surface area contributed by atoms with Crippen LogP contribution in [0.4, 0.5) is 0 Å². The van der Waals surface area contributed by atoms with Crippen molar-refractivity contribution in [3.05, 3.63) is 52.8 Å². The Labute approximate surface area is 193 Å². The highest BCUT2D eigenvalue weighted by Gasteiger charge is 2.46. The predicted molar refractivity (Wildman–Crippen MR) is 114 cm³/mol. The van der Waals surface area contributed by atoms with Gasteiger partial charge < -0.3 is 50.0 Å². The zero-order valence-corrected chi connectivity index (χ0v) is 18.0. The van der Waals surface area contributed by atoms with Gasteiger partial charge in [0.2, 0.25) is 12.1 Å². The molecule has 2 aromatic carbocycles. The summed E-state index contributed by atoms with van der Waals surface area (Å²) in [6, 6.07) is 6.59. The van der Waals surface area contributed by atoms with E-state index in [4.69, 9.17) is 14.2 Å². The van der Waals surface area contributed by atoms with Crippen LogP contribution in [0.3, 0.4) is 0 Å². The molecule has 0 radical (unpaired) electrons. The molecule has 1 aliphatic heterocycles. The van der Waals surface area contributed by atoms with Crippen molar-refractivity contribution in [3.8, 4) is 23.0 Å². The summed E-state index contributed by atoms with van der Waals surface area (Å²) in [4.78, 5) is 13.4. The number of carbonyl (C=O) groups is 1. The van der Waals surface area contributed by atoms with E-state index >= 15 is 0 Å². The fraction of sp³-hybridized carbons (Fsp3) is 0.348. The number of carbonyl (C=O) groups excluding carboxylic acids is 1. The van der Waals surface area contributed by atoms with Gasteiger partial charge in [0, 0.05) is 18.1 Å². The molecule has 1 fully saturated rings. The monoisotopic (exact) mass is 476 g/mol. The van der Waals surface area contributed by atoms with Crippen molar-refractivity contribution in [1.82, 2.24) is 0 Å². The number of methoxy groups -OCH3 is 1. The Morgan fingerprint density at radius 2 is 1.74 bits per heavy atom. The third-order valence-electron chi connectivity index (χ3n) is 5.87. The number of hydrogen-bond acceptors (Lipinski definition) is 11. The molecule has 0 spiro atoms. The van der Waals surface area contributed by atoms with Crippen LogP contribution in [0, 0.1) is 0 Å². The fourth-order valence-electron chi connectivity index (χ4n) is 4.10. The van der Waals surface area contributed by atoms with Crippen molar-refractivity contribution in [2.45, 2.75) is 37.1 Å². The molecule has 0 bridgehead atoms. The first-order valence-electron chi connectivity index (χ1n) is 10.3. The molecule has 182 valence electrons. The number of ketones is 1. The third-order valence-corrected chi connectivity index (χ3v) is 5.87. The number of rotatable bonds is 5. The van der Waals surface area contributed by atoms with Crippen LogP contribution in [-0.2, 0) is 15.9 Å². The lowest BCUT2D eigenvalue weighted by atomic mass is 9.85. The Balaban J connectivity index is 1.83. The standard InChI is InChI=1S/C23H24O11/c1-32-15-6-9(2-3-13(15)26)12-5-10-4-11(25)7-14(27)17(10)19(29)22(12)34-23-21(31)20(30)18(28)16(8-24)33-23/h2-4,6-7,16,18,20-21,23-28,30-31H,5,8H2,1H3/t16-,18-,20+,21-,23+/m1/s1. The van der Waals surface area contributed by atoms with E-state index in [0.717, 1.165) is 6.07 Å². The third kappa shape index (κ3) is 4.04. The highest BCUT2D eigenvalue weighted by molar-refractivity contribution is 6.16. The van der Waals surface area contributed by atoms with Gasteiger partial charge in [-0.25, -0.2) is 0 Å². The van der Waals surface area contributed by atoms with Crippen molar-refractivity contribution in [3.63, 3.8) is 0 Å². The van der Waals surface area contributed by atoms with E-state index in [9.17, 15) is 40.5 Å². The van der Waals surface area contributed by atoms with Crippen LogP contribution in [0.1, 0.15) is 21.5 Å². The Hall–Kier alpha value is -3.35. The van der Waals surface area contributed by atoms with Crippen molar-refractivity contribution >= 4 is 11.4 Å². The summed E-state index contributed by atoms with van der Waals surface area (Å²) in [5.74, 6) is -1.93. The van der Waals surface area contributed by atoms with Gasteiger partial charge in [-0.05, 0) is 29.3 Å². The molecule has 1 saturated heterocycles. The van der Waals surface area contributed by atoms with E-state index in [0.29, 0.717) is 11.1 Å². The van der Waals surface area contributed by atoms with Crippen LogP contribution in [-0.4, -0.2) is 86.0 Å². The molecule has 1 aliphatic carbocycles. The highest BCUT2D eigenvalue weighted by Crippen LogP contribution is 2.41. The zero-order chi connectivity index (χ0) is 24.7. The molecule has 2 aromatic rings. The van der Waals surface area contributed by atoms with Gasteiger partial charge in [-0.15, -0.1) is 0 Å². The first kappa shape index (κ1) is 23.8. The molecule has 11 heteroatoms. The van der Waals surface area contributed by atoms with Crippen LogP contribution < -0.4 is 4.74 Å². The summed E-state index contributed by atoms with van der Waals surface area (Å²) in [5.41, 5.74) is 0.798. The molecule has 1 heterocycles. The predicted octanol–water partition coefficient (Wildman–Crippen LogP) is -0.221. The van der Waals surface area contributed by atoms with Crippen LogP contribution in [0.5, 0.6) is 23.0 Å². The molecule has 0 aromatic heterocycles. The van der Waals surface area contributed by atoms with E-state index in [-0.39, 0.29) is 40.6 Å². The molecule has 0 amide bonds. The molecule has 4 rings (SSSR count). The SMILES string of the molecule is COc1cc(C2=C(O[C@@H]3O[C@H](CO)[C@@H](O)[C@H](O)[C@H]3O)C(=O)c3c(O)cc(O)cc3C2)ccc1O. The number of aromatic hydroxyl groups is 3. The molecular weight excluding hydrogens is 452 g/mol. The lowest BCUT2D eigenvalue weighted by Crippen LogP contribution is -2.59. The molecular formula is C23H24O11. The Morgan fingerprint density at radius 3 is 2.41 bits per heavy atom. The number of Topliss-reactive ketones (excluding diaryl/α,β-unsaturated/α-hetero) is 1. The molecule has 0 unspecified atom stereocenters. The van der Waals surface area contributed by atoms with Gasteiger partial charge >= 0.3 is 0 Å². The first-order chi connectivity index (χ1) is 16.2. The second-order valence-electron chi connectivity index (χ2n) is 8.01. The summed E-state index contributed by atoms with van der Waals surface area (Å²) in [6.07, 6.45) is -8.05. The average Bonchev–Trinajstić information content (AvgIpc) is 2.80. The number of aliphatic hydroxyl groups is 4. The second kappa shape index (κ2) is 9.12. The van der Waals surface area contributed by atoms with Crippen LogP contribution in [0.15, 0.2) is 36.1 Å². The molecule has 0 saturated carbocycles. The number of aliphatic hydroxyl groups excluding tert-OH is 4. The van der Waals surface area contributed by atoms with Crippen molar-refractivity contribution in [1.29, 1.82) is 0 Å². The number of hydrogen-bond donors (Lipinski definition) is 7. The number of phenols is 3. The molecule has 7 N–H and O–H groups in total. The van der Waals surface area contributed by atoms with Gasteiger partial charge in [0.05, 0.1) is 19.3 Å². The maximum absolute atomic E-state index is 13.4. The van der Waals surface area contributed by atoms with E-state index in [1.165, 1.54) is 31.4 Å². The van der Waals surface area contributed by atoms with Crippen LogP contribution >= 0.6 is 0 Å². The molecule has 11 nitrogen and oxygen atoms in total. The van der Waals surface area contributed by atoms with Crippen LogP contribution in [0.25, 0.3) is 5.57 Å². The average molecular weight is 476 g/mol. The summed E-state index contributed by atoms with van der Waals surface area (Å²) in [6.45, 7) is -0.692. The van der Waals surface area contributed by atoms with Gasteiger partial charge in [-0.1, -0.05) is 6.07 Å². The van der Waals surface area contributed by atoms with Crippen molar-refractivity contribution in [2.75, 3.05) is 13.7 Å². The highest BCUT2D eigenvalue weighted by atomic mass is 16.7. The summed E-state index contributed by atoms with van der Waals surface area (Å²) in [7, 11) is 1.34. The quantitative estimate of drug-likeness (QED) is 0.302. The number of allylic oxidation sites excluding steroid dienone is 2. The van der Waals surface area contributed by atoms with E-state index < -0.39 is 48.8 Å². The van der Waals surface area contributed by atoms with Gasteiger partial charge in [-0.2, -0.15) is 0 Å². The minimum absolute atomic E-state index is 0.0102. The minimum Gasteiger partial charge on any atom is -0.508 e.